The summed E-state index contributed by atoms with van der Waals surface area (Å²) in [5.74, 6) is 0. The molecule has 1 atom stereocenters. The Hall–Kier alpha value is -0.760. The lowest BCUT2D eigenvalue weighted by atomic mass is 10.1. The molecule has 0 spiro atoms. The van der Waals surface area contributed by atoms with Gasteiger partial charge in [0.2, 0.25) is 0 Å². The summed E-state index contributed by atoms with van der Waals surface area (Å²) in [6.07, 6.45) is 9.42. The van der Waals surface area contributed by atoms with E-state index in [4.69, 9.17) is 9.15 Å². The zero-order valence-corrected chi connectivity index (χ0v) is 7.03. The van der Waals surface area contributed by atoms with E-state index in [0.717, 1.165) is 13.0 Å². The molecule has 2 heterocycles. The summed E-state index contributed by atoms with van der Waals surface area (Å²) >= 11 is 0. The van der Waals surface area contributed by atoms with Gasteiger partial charge in [-0.3, -0.25) is 0 Å². The van der Waals surface area contributed by atoms with Gasteiger partial charge in [-0.15, -0.1) is 0 Å². The van der Waals surface area contributed by atoms with Crippen LogP contribution in [0, 0.1) is 6.42 Å². The topological polar surface area (TPSA) is 22.4 Å². The molecular weight excluding hydrogens is 152 g/mol. The Labute approximate surface area is 72.5 Å². The first-order chi connectivity index (χ1) is 5.95. The molecule has 1 aromatic rings. The van der Waals surface area contributed by atoms with Crippen molar-refractivity contribution in [2.75, 3.05) is 6.61 Å². The van der Waals surface area contributed by atoms with E-state index < -0.39 is 0 Å². The van der Waals surface area contributed by atoms with Gasteiger partial charge in [0.15, 0.2) is 0 Å². The van der Waals surface area contributed by atoms with Crippen LogP contribution in [-0.2, 0) is 11.2 Å². The monoisotopic (exact) mass is 165 g/mol. The zero-order valence-electron chi connectivity index (χ0n) is 7.03. The highest BCUT2D eigenvalue weighted by molar-refractivity contribution is 5.09. The molecule has 0 aliphatic carbocycles. The highest BCUT2D eigenvalue weighted by Crippen LogP contribution is 2.16. The van der Waals surface area contributed by atoms with E-state index in [9.17, 15) is 0 Å². The van der Waals surface area contributed by atoms with Crippen LogP contribution in [0.2, 0.25) is 0 Å². The fraction of sp³-hybridized carbons (Fsp3) is 0.500. The van der Waals surface area contributed by atoms with Crippen molar-refractivity contribution in [2.45, 2.75) is 25.4 Å². The standard InChI is InChI=1S/C10H13O2/c1-2-10(12-6-1)4-3-9-5-7-11-8-9/h4-5,7-8,10H,1-3,6H2. The summed E-state index contributed by atoms with van der Waals surface area (Å²) in [6, 6.07) is 1.99. The maximum atomic E-state index is 5.47. The number of rotatable bonds is 3. The fourth-order valence-corrected chi connectivity index (χ4v) is 1.46. The second-order valence-electron chi connectivity index (χ2n) is 3.12. The second-order valence-corrected chi connectivity index (χ2v) is 3.12. The molecule has 1 radical (unpaired) electrons. The van der Waals surface area contributed by atoms with Crippen LogP contribution in [0.1, 0.15) is 18.4 Å². The van der Waals surface area contributed by atoms with E-state index in [1.807, 2.05) is 6.07 Å². The first kappa shape index (κ1) is 7.87. The first-order valence-corrected chi connectivity index (χ1v) is 4.41. The minimum absolute atomic E-state index is 0.375. The minimum atomic E-state index is 0.375. The molecule has 2 heteroatoms. The SMILES string of the molecule is [CH](Cc1ccoc1)C1CCCO1. The molecule has 0 aromatic carbocycles. The third kappa shape index (κ3) is 1.89. The minimum Gasteiger partial charge on any atom is -0.472 e. The van der Waals surface area contributed by atoms with Crippen molar-refractivity contribution < 1.29 is 9.15 Å². The van der Waals surface area contributed by atoms with Gasteiger partial charge < -0.3 is 9.15 Å². The predicted octanol–water partition coefficient (Wildman–Crippen LogP) is 2.21. The van der Waals surface area contributed by atoms with Crippen LogP contribution in [0.4, 0.5) is 0 Å². The van der Waals surface area contributed by atoms with Crippen molar-refractivity contribution in [2.24, 2.45) is 0 Å². The molecule has 1 aliphatic rings. The lowest BCUT2D eigenvalue weighted by molar-refractivity contribution is 0.132. The van der Waals surface area contributed by atoms with Crippen LogP contribution < -0.4 is 0 Å². The Bertz CT molecular complexity index is 210. The van der Waals surface area contributed by atoms with Crippen molar-refractivity contribution in [3.8, 4) is 0 Å². The van der Waals surface area contributed by atoms with Gasteiger partial charge >= 0.3 is 0 Å². The summed E-state index contributed by atoms with van der Waals surface area (Å²) in [5, 5.41) is 0. The second kappa shape index (κ2) is 3.76. The Kier molecular flexibility index (Phi) is 2.47. The lowest BCUT2D eigenvalue weighted by Crippen LogP contribution is -2.06. The van der Waals surface area contributed by atoms with Gasteiger partial charge in [0, 0.05) is 6.61 Å². The molecule has 1 aromatic heterocycles. The molecule has 1 fully saturated rings. The van der Waals surface area contributed by atoms with E-state index in [-0.39, 0.29) is 0 Å². The predicted molar refractivity (Wildman–Crippen MR) is 45.7 cm³/mol. The van der Waals surface area contributed by atoms with Crippen LogP contribution in [-0.4, -0.2) is 12.7 Å². The van der Waals surface area contributed by atoms with Crippen molar-refractivity contribution in [1.29, 1.82) is 0 Å². The molecule has 0 bridgehead atoms. The van der Waals surface area contributed by atoms with Gasteiger partial charge in [-0.2, -0.15) is 0 Å². The maximum Gasteiger partial charge on any atom is 0.0934 e. The van der Waals surface area contributed by atoms with Crippen LogP contribution in [0.5, 0.6) is 0 Å². The largest absolute Gasteiger partial charge is 0.472 e. The highest BCUT2D eigenvalue weighted by Gasteiger charge is 2.15. The van der Waals surface area contributed by atoms with Gasteiger partial charge in [-0.25, -0.2) is 0 Å². The van der Waals surface area contributed by atoms with Gasteiger partial charge in [-0.1, -0.05) is 0 Å². The smallest absolute Gasteiger partial charge is 0.0934 e. The summed E-state index contributed by atoms with van der Waals surface area (Å²) in [4.78, 5) is 0. The quantitative estimate of drug-likeness (QED) is 0.685. The summed E-state index contributed by atoms with van der Waals surface area (Å²) in [7, 11) is 0. The Morgan fingerprint density at radius 3 is 3.25 bits per heavy atom. The van der Waals surface area contributed by atoms with E-state index in [0.29, 0.717) is 6.10 Å². The van der Waals surface area contributed by atoms with Crippen LogP contribution in [0.15, 0.2) is 23.0 Å². The van der Waals surface area contributed by atoms with Crippen LogP contribution >= 0.6 is 0 Å². The van der Waals surface area contributed by atoms with Crippen molar-refractivity contribution in [1.82, 2.24) is 0 Å². The van der Waals surface area contributed by atoms with Crippen molar-refractivity contribution in [3.63, 3.8) is 0 Å². The number of hydrogen-bond donors (Lipinski definition) is 0. The molecule has 1 aliphatic heterocycles. The third-order valence-electron chi connectivity index (χ3n) is 2.16. The molecule has 1 unspecified atom stereocenters. The normalized spacial score (nSPS) is 23.2. The average Bonchev–Trinajstić information content (AvgIpc) is 2.74. The third-order valence-corrected chi connectivity index (χ3v) is 2.16. The molecule has 0 amide bonds. The van der Waals surface area contributed by atoms with Crippen LogP contribution in [0.3, 0.4) is 0 Å². The molecule has 1 saturated heterocycles. The molecule has 0 saturated carbocycles. The summed E-state index contributed by atoms with van der Waals surface area (Å²) in [6.45, 7) is 0.923. The van der Waals surface area contributed by atoms with Crippen molar-refractivity contribution in [3.05, 3.63) is 30.6 Å². The van der Waals surface area contributed by atoms with E-state index in [1.165, 1.54) is 18.4 Å². The Morgan fingerprint density at radius 1 is 1.58 bits per heavy atom. The van der Waals surface area contributed by atoms with Crippen molar-refractivity contribution >= 4 is 0 Å². The highest BCUT2D eigenvalue weighted by atomic mass is 16.5. The van der Waals surface area contributed by atoms with Gasteiger partial charge in [0.25, 0.3) is 0 Å². The number of furan rings is 1. The average molecular weight is 165 g/mol. The van der Waals surface area contributed by atoms with E-state index in [2.05, 4.69) is 6.42 Å². The zero-order chi connectivity index (χ0) is 8.23. The molecule has 65 valence electrons. The van der Waals surface area contributed by atoms with Crippen LogP contribution in [0.25, 0.3) is 0 Å². The summed E-state index contributed by atoms with van der Waals surface area (Å²) in [5.41, 5.74) is 1.23. The fourth-order valence-electron chi connectivity index (χ4n) is 1.46. The molecule has 0 N–H and O–H groups in total. The molecular formula is C10H13O2. The lowest BCUT2D eigenvalue weighted by Gasteiger charge is -2.06. The van der Waals surface area contributed by atoms with Gasteiger partial charge in [0.1, 0.15) is 0 Å². The maximum absolute atomic E-state index is 5.47. The van der Waals surface area contributed by atoms with E-state index in [1.54, 1.807) is 12.5 Å². The molecule has 2 rings (SSSR count). The summed E-state index contributed by atoms with van der Waals surface area (Å²) < 4.78 is 10.4. The molecule has 2 nitrogen and oxygen atoms in total. The van der Waals surface area contributed by atoms with E-state index >= 15 is 0 Å². The number of ether oxygens (including phenoxy) is 1. The van der Waals surface area contributed by atoms with Gasteiger partial charge in [-0.05, 0) is 37.3 Å². The Morgan fingerprint density at radius 2 is 2.58 bits per heavy atom. The number of hydrogen-bond acceptors (Lipinski definition) is 2. The Balaban J connectivity index is 1.74. The molecule has 12 heavy (non-hydrogen) atoms. The first-order valence-electron chi connectivity index (χ1n) is 4.41. The van der Waals surface area contributed by atoms with Gasteiger partial charge in [0.05, 0.1) is 18.6 Å².